The molecule has 2 saturated heterocycles. The molecule has 2 aliphatic heterocycles. The molecule has 0 saturated carbocycles. The quantitative estimate of drug-likeness (QED) is 0.00962. The number of carbonyl (C=O) groups excluding carboxylic acids is 14. The molecule has 0 radical (unpaired) electrons. The van der Waals surface area contributed by atoms with Crippen molar-refractivity contribution in [1.29, 1.82) is 0 Å². The molecule has 0 unspecified atom stereocenters. The number of halogens is 1. The molecule has 45 nitrogen and oxygen atoms in total. The number of nitrogens with two attached hydrogens (primary N) is 3. The fourth-order valence-electron chi connectivity index (χ4n) is 10.5. The Morgan fingerprint density at radius 1 is 0.460 bits per heavy atom. The molecule has 692 valence electrons. The van der Waals surface area contributed by atoms with E-state index < -0.39 is 169 Å². The number of carboxylic acid groups (broad SMARTS) is 1. The number of ether oxygens (including phenoxy) is 10. The van der Waals surface area contributed by atoms with Gasteiger partial charge in [-0.15, -0.1) is 11.8 Å². The lowest BCUT2D eigenvalue weighted by molar-refractivity contribution is -0.141. The fraction of sp³-hybridized carbons (Fsp3) is 0.613. The summed E-state index contributed by atoms with van der Waals surface area (Å²) < 4.78 is 67.1. The number of guanidine groups is 1. The molecule has 2 aliphatic rings. The van der Waals surface area contributed by atoms with Gasteiger partial charge in [0.15, 0.2) is 12.6 Å². The number of primary amides is 1. The number of nitrogens with zero attached hydrogens (tertiary/aromatic N) is 2. The Morgan fingerprint density at radius 2 is 0.911 bits per heavy atom. The van der Waals surface area contributed by atoms with Crippen molar-refractivity contribution in [2.45, 2.75) is 87.2 Å². The maximum absolute atomic E-state index is 14.7. The second kappa shape index (κ2) is 66.3. The maximum atomic E-state index is 14.7. The van der Waals surface area contributed by atoms with Crippen molar-refractivity contribution in [3.63, 3.8) is 0 Å². The summed E-state index contributed by atoms with van der Waals surface area (Å²) in [6.45, 7) is 1.00. The number of aliphatic carboxylic acids is 1. The van der Waals surface area contributed by atoms with E-state index in [0.717, 1.165) is 33.3 Å². The first-order chi connectivity index (χ1) is 59.8. The first kappa shape index (κ1) is 106. The number of fused-ring (bicyclic) bond motifs is 5. The Balaban J connectivity index is 1.35. The number of rotatable bonds is 56. The van der Waals surface area contributed by atoms with Gasteiger partial charge in [-0.3, -0.25) is 76.9 Å². The highest BCUT2D eigenvalue weighted by Gasteiger charge is 2.36. The van der Waals surface area contributed by atoms with E-state index in [0.29, 0.717) is 50.8 Å². The molecule has 2 bridgehead atoms. The summed E-state index contributed by atoms with van der Waals surface area (Å²) in [6, 6.07) is 3.09. The summed E-state index contributed by atoms with van der Waals surface area (Å²) in [5.74, 6) is -14.8. The summed E-state index contributed by atoms with van der Waals surface area (Å²) in [6.07, 6.45) is 0.302. The Morgan fingerprint density at radius 3 is 1.43 bits per heavy atom. The van der Waals surface area contributed by atoms with Crippen LogP contribution < -0.4 is 86.3 Å². The number of unbranched alkanes of at least 4 members (excludes halogenated alkanes) is 1. The lowest BCUT2D eigenvalue weighted by Crippen LogP contribution is -2.60. The summed E-state index contributed by atoms with van der Waals surface area (Å²) in [5, 5.41) is 47.1. The molecule has 14 amide bonds. The minimum atomic E-state index is -1.85. The lowest BCUT2D eigenvalue weighted by Gasteiger charge is -2.27. The average molecular weight is 1820 g/mol. The Bertz CT molecular complexity index is 3670. The number of thioether (sulfide) groups is 1. The van der Waals surface area contributed by atoms with Gasteiger partial charge in [0, 0.05) is 62.9 Å². The van der Waals surface area contributed by atoms with Crippen molar-refractivity contribution in [2.24, 2.45) is 27.3 Å². The van der Waals surface area contributed by atoms with Crippen molar-refractivity contribution in [3.8, 4) is 0 Å². The molecule has 7 atom stereocenters. The summed E-state index contributed by atoms with van der Waals surface area (Å²) >= 11 is 0.865. The fourth-order valence-corrected chi connectivity index (χ4v) is 13.7. The van der Waals surface area contributed by atoms with Crippen LogP contribution in [0.1, 0.15) is 49.7 Å². The van der Waals surface area contributed by atoms with Gasteiger partial charge in [0.25, 0.3) is 5.91 Å². The van der Waals surface area contributed by atoms with Gasteiger partial charge in [-0.1, -0.05) is 69.2 Å². The van der Waals surface area contributed by atoms with Crippen LogP contribution >= 0.6 is 33.3 Å². The Labute approximate surface area is 727 Å². The normalized spacial score (nSPS) is 18.5. The van der Waals surface area contributed by atoms with E-state index in [4.69, 9.17) is 69.4 Å². The van der Waals surface area contributed by atoms with Crippen LogP contribution in [0, 0.1) is 5.82 Å². The summed E-state index contributed by atoms with van der Waals surface area (Å²) in [5.41, 5.74) is 17.2. The maximum Gasteiger partial charge on any atom is 0.305 e. The average Bonchev–Trinajstić information content (AvgIpc) is 0.978. The molecule has 0 aliphatic carbocycles. The number of carbonyl (C=O) groups is 15. The third-order valence-corrected chi connectivity index (χ3v) is 20.0. The van der Waals surface area contributed by atoms with E-state index in [-0.39, 0.29) is 186 Å². The van der Waals surface area contributed by atoms with Crippen LogP contribution in [0.15, 0.2) is 64.7 Å². The van der Waals surface area contributed by atoms with Gasteiger partial charge in [-0.2, -0.15) is 0 Å². The molecule has 49 heteroatoms. The van der Waals surface area contributed by atoms with Crippen molar-refractivity contribution >= 4 is 134 Å². The zero-order valence-electron chi connectivity index (χ0n) is 68.7. The van der Waals surface area contributed by atoms with E-state index in [1.807, 2.05) is 0 Å². The highest BCUT2D eigenvalue weighted by atomic mass is 33.1. The predicted octanol–water partition coefficient (Wildman–Crippen LogP) is -7.00. The number of nitrogens with one attached hydrogen (secondary N) is 13. The van der Waals surface area contributed by atoms with E-state index in [1.165, 1.54) is 30.5 Å². The van der Waals surface area contributed by atoms with Crippen LogP contribution in [0.25, 0.3) is 0 Å². The Kier molecular flexibility index (Phi) is 56.8. The summed E-state index contributed by atoms with van der Waals surface area (Å²) in [4.78, 5) is 209. The van der Waals surface area contributed by atoms with Gasteiger partial charge in [0.2, 0.25) is 76.8 Å². The molecular formula is C75H115FN18O27S3. The van der Waals surface area contributed by atoms with Gasteiger partial charge in [0.05, 0.1) is 131 Å². The summed E-state index contributed by atoms with van der Waals surface area (Å²) in [7, 11) is 1.78. The third-order valence-electron chi connectivity index (χ3n) is 16.6. The van der Waals surface area contributed by atoms with E-state index in [1.54, 1.807) is 30.3 Å². The van der Waals surface area contributed by atoms with E-state index >= 15 is 0 Å². The van der Waals surface area contributed by atoms with E-state index in [2.05, 4.69) is 79.3 Å². The van der Waals surface area contributed by atoms with Gasteiger partial charge in [-0.25, -0.2) is 4.39 Å². The van der Waals surface area contributed by atoms with Crippen molar-refractivity contribution < 1.29 is 134 Å². The largest absolute Gasteiger partial charge is 0.481 e. The second-order valence-corrected chi connectivity index (χ2v) is 30.3. The number of carboxylic acids is 1. The van der Waals surface area contributed by atoms with Crippen LogP contribution in [0.4, 0.5) is 4.39 Å². The number of hydrogen-bond acceptors (Lipinski definition) is 31. The number of aliphatic imine (C=N–C) groups is 1. The number of benzene rings is 2. The SMILES string of the molecule is NC(=O)COCC(=O)NCCOCCOCCOCCNC(=O)[C@@H]1CSCC(=O)N[C@@H](CCCCNC(=O)COCC(=O)NCCOCCOCCOCCOCCOCCNC(=O)CON=Cc2ccc([18F])cc2)C(=O)N[C@H]2CSSC[C@H](NC(=O)[C@H](CC(=O)O)NC(=O)CNC(=O)[C@H](CCCN=C(N)N)NC2=O)C(=O)N[C@@H](Cc2ccccc2)C(=O)N1. The number of hydrogen-bond donors (Lipinski definition) is 17. The molecule has 124 heavy (non-hydrogen) atoms. The van der Waals surface area contributed by atoms with Gasteiger partial charge in [-0.05, 0) is 55.4 Å². The molecule has 2 fully saturated rings. The van der Waals surface area contributed by atoms with Crippen LogP contribution in [-0.4, -0.2) is 356 Å². The zero-order chi connectivity index (χ0) is 90.2. The molecule has 0 spiro atoms. The topological polar surface area (TPSA) is 637 Å². The highest BCUT2D eigenvalue weighted by Crippen LogP contribution is 2.24. The zero-order valence-corrected chi connectivity index (χ0v) is 71.1. The second-order valence-electron chi connectivity index (χ2n) is 26.7. The minimum Gasteiger partial charge on any atom is -0.481 e. The van der Waals surface area contributed by atoms with Gasteiger partial charge >= 0.3 is 5.97 Å². The van der Waals surface area contributed by atoms with Crippen LogP contribution in [0.2, 0.25) is 0 Å². The standard InChI is InChI=1S/C75H115FN18O27S3/c76-52-13-11-51(12-14-52)39-87-121-45-65(100)83-19-23-113-27-31-117-34-36-118-35-33-116-30-26-112-22-18-82-64(99)44-120-43-62(97)80-15-5-4-9-54-70(106)93-58-47-123-124-48-59(94-72(108)56(38-67(102)103)89-61(96)40-86-68(104)53(90-73(58)109)10-6-16-85-75(78)79)74(110)91-55(37-50-7-2-1-3-8-50)71(107)92-57(46-122-49-66(101)88-54)69(105)84-20-24-114-28-32-115-29-25-111-21-17-81-63(98)42-119-41-60(77)95/h1-3,7-8,11-14,39,53-59H,4-6,9-10,15-38,40-49H2,(H2,77,95)(H,80,97)(H,81,98)(H,82,99)(H,83,100)(H,84,105)(H,86,104)(H,88,101)(H,89,96)(H,90,109)(H,91,110)(H,92,107)(H,93,106)(H,94,108)(H,102,103)(H4,78,79,85)/t53-,54-,55-,56-,57-,58-,59-/m0/s1/i76-1. The first-order valence-corrected chi connectivity index (χ1v) is 43.3. The molecule has 4 rings (SSSR count). The van der Waals surface area contributed by atoms with Crippen molar-refractivity contribution in [1.82, 2.24) is 69.1 Å². The predicted molar refractivity (Wildman–Crippen MR) is 447 cm³/mol. The van der Waals surface area contributed by atoms with Crippen molar-refractivity contribution in [3.05, 3.63) is 71.5 Å². The monoisotopic (exact) mass is 1810 g/mol. The molecule has 2 heterocycles. The number of amides is 14. The smallest absolute Gasteiger partial charge is 0.305 e. The third kappa shape index (κ3) is 52.4. The molecule has 2 aromatic carbocycles. The van der Waals surface area contributed by atoms with Crippen LogP contribution in [-0.2, 0) is 131 Å². The van der Waals surface area contributed by atoms with Gasteiger partial charge < -0.3 is 144 Å². The first-order valence-electron chi connectivity index (χ1n) is 39.7. The highest BCUT2D eigenvalue weighted by molar-refractivity contribution is 8.76. The number of oxime groups is 1. The van der Waals surface area contributed by atoms with Crippen LogP contribution in [0.5, 0.6) is 0 Å². The molecule has 20 N–H and O–H groups in total. The Hall–Kier alpha value is -10.2. The minimum absolute atomic E-state index is 0.0224. The molecule has 2 aromatic rings. The van der Waals surface area contributed by atoms with E-state index in [9.17, 15) is 81.4 Å². The lowest BCUT2D eigenvalue weighted by atomic mass is 10.0. The van der Waals surface area contributed by atoms with Crippen molar-refractivity contribution in [2.75, 3.05) is 208 Å². The molecular weight excluding hydrogens is 1700 g/mol. The van der Waals surface area contributed by atoms with Crippen LogP contribution in [0.3, 0.4) is 0 Å². The van der Waals surface area contributed by atoms with Gasteiger partial charge in [0.1, 0.15) is 74.5 Å². The molecule has 0 aromatic heterocycles.